The van der Waals surface area contributed by atoms with Crippen LogP contribution in [0.1, 0.15) is 12.8 Å². The molecule has 0 aliphatic carbocycles. The van der Waals surface area contributed by atoms with Gasteiger partial charge >= 0.3 is 12.1 Å². The van der Waals surface area contributed by atoms with E-state index >= 15 is 0 Å². The summed E-state index contributed by atoms with van der Waals surface area (Å²) >= 11 is 0. The minimum absolute atomic E-state index is 0.0160. The maximum atomic E-state index is 11.6. The molecular formula is C10H16N2O6. The number of aliphatic carboxylic acids is 1. The van der Waals surface area contributed by atoms with Crippen molar-refractivity contribution in [1.82, 2.24) is 9.80 Å². The zero-order chi connectivity index (χ0) is 13.5. The number of rotatable bonds is 4. The number of carboxylic acid groups (broad SMARTS) is 1. The molecule has 1 N–H and O–H groups in total. The van der Waals surface area contributed by atoms with Gasteiger partial charge in [0.1, 0.15) is 0 Å². The number of nitrogens with zero attached hydrogens (tertiary/aromatic N) is 2. The molecule has 0 atom stereocenters. The summed E-state index contributed by atoms with van der Waals surface area (Å²) in [6.45, 7) is 1.44. The van der Waals surface area contributed by atoms with Gasteiger partial charge in [0, 0.05) is 32.6 Å². The highest BCUT2D eigenvalue weighted by Gasteiger charge is 2.25. The van der Waals surface area contributed by atoms with Gasteiger partial charge in [0.15, 0.2) is 0 Å². The average molecular weight is 260 g/mol. The van der Waals surface area contributed by atoms with E-state index in [9.17, 15) is 14.4 Å². The normalized spacial score (nSPS) is 15.4. The number of hydrogen-bond donors (Lipinski definition) is 1. The van der Waals surface area contributed by atoms with Crippen molar-refractivity contribution in [1.29, 1.82) is 0 Å². The second-order valence-corrected chi connectivity index (χ2v) is 3.78. The lowest BCUT2D eigenvalue weighted by Gasteiger charge is -2.33. The Balaban J connectivity index is 2.32. The summed E-state index contributed by atoms with van der Waals surface area (Å²) in [6.07, 6.45) is -0.780. The van der Waals surface area contributed by atoms with Crippen LogP contribution < -0.4 is 0 Å². The molecule has 102 valence electrons. The van der Waals surface area contributed by atoms with Crippen LogP contribution in [-0.4, -0.2) is 66.2 Å². The summed E-state index contributed by atoms with van der Waals surface area (Å²) in [6, 6.07) is 0. The molecule has 8 heteroatoms. The molecule has 0 aromatic carbocycles. The maximum absolute atomic E-state index is 11.6. The van der Waals surface area contributed by atoms with Gasteiger partial charge in [-0.15, -0.1) is 0 Å². The van der Waals surface area contributed by atoms with Gasteiger partial charge < -0.3 is 14.9 Å². The lowest BCUT2D eigenvalue weighted by molar-refractivity contribution is -0.222. The van der Waals surface area contributed by atoms with Gasteiger partial charge in [0.05, 0.1) is 13.5 Å². The molecule has 18 heavy (non-hydrogen) atoms. The summed E-state index contributed by atoms with van der Waals surface area (Å²) in [4.78, 5) is 44.8. The molecule has 0 aromatic rings. The molecule has 0 aromatic heterocycles. The first kappa shape index (κ1) is 14.2. The van der Waals surface area contributed by atoms with Gasteiger partial charge in [-0.2, -0.15) is 4.89 Å². The van der Waals surface area contributed by atoms with E-state index < -0.39 is 12.1 Å². The maximum Gasteiger partial charge on any atom is 0.441 e. The Labute approximate surface area is 104 Å². The van der Waals surface area contributed by atoms with Crippen LogP contribution in [0.2, 0.25) is 0 Å². The molecule has 0 unspecified atom stereocenters. The van der Waals surface area contributed by atoms with Crippen LogP contribution in [0, 0.1) is 0 Å². The van der Waals surface area contributed by atoms with Gasteiger partial charge in [0.2, 0.25) is 5.91 Å². The van der Waals surface area contributed by atoms with E-state index in [1.807, 2.05) is 0 Å². The third-order valence-corrected chi connectivity index (χ3v) is 2.60. The second kappa shape index (κ2) is 6.80. The van der Waals surface area contributed by atoms with Crippen LogP contribution in [0.25, 0.3) is 0 Å². The Bertz CT molecular complexity index is 324. The monoisotopic (exact) mass is 260 g/mol. The molecule has 0 radical (unpaired) electrons. The molecule has 0 saturated carbocycles. The summed E-state index contributed by atoms with van der Waals surface area (Å²) in [5.74, 6) is -1.21. The Morgan fingerprint density at radius 3 is 2.11 bits per heavy atom. The van der Waals surface area contributed by atoms with Crippen molar-refractivity contribution >= 4 is 18.0 Å². The van der Waals surface area contributed by atoms with Gasteiger partial charge in [-0.1, -0.05) is 0 Å². The molecule has 2 amide bonds. The molecule has 1 rings (SSSR count). The molecule has 0 bridgehead atoms. The van der Waals surface area contributed by atoms with Crippen molar-refractivity contribution in [3.05, 3.63) is 0 Å². The molecule has 1 saturated heterocycles. The van der Waals surface area contributed by atoms with Crippen molar-refractivity contribution in [2.24, 2.45) is 0 Å². The average Bonchev–Trinajstić information content (AvgIpc) is 2.36. The number of piperazine rings is 1. The third-order valence-electron chi connectivity index (χ3n) is 2.60. The molecule has 1 aliphatic rings. The fourth-order valence-electron chi connectivity index (χ4n) is 1.63. The summed E-state index contributed by atoms with van der Waals surface area (Å²) in [5, 5.41) is 8.48. The fourth-order valence-corrected chi connectivity index (χ4v) is 1.63. The quantitative estimate of drug-likeness (QED) is 0.550. The van der Waals surface area contributed by atoms with Gasteiger partial charge in [-0.3, -0.25) is 14.5 Å². The summed E-state index contributed by atoms with van der Waals surface area (Å²) in [5.41, 5.74) is 0. The topological polar surface area (TPSA) is 96.4 Å². The third kappa shape index (κ3) is 4.21. The minimum Gasteiger partial charge on any atom is -0.481 e. The Morgan fingerprint density at radius 2 is 1.61 bits per heavy atom. The molecular weight excluding hydrogens is 244 g/mol. The summed E-state index contributed by atoms with van der Waals surface area (Å²) in [7, 11) is 1.24. The van der Waals surface area contributed by atoms with E-state index in [0.717, 1.165) is 0 Å². The minimum atomic E-state index is -0.995. The van der Waals surface area contributed by atoms with E-state index in [-0.39, 0.29) is 18.7 Å². The highest BCUT2D eigenvalue weighted by molar-refractivity contribution is 5.81. The van der Waals surface area contributed by atoms with Crippen LogP contribution in [0.5, 0.6) is 0 Å². The molecule has 8 nitrogen and oxygen atoms in total. The highest BCUT2D eigenvalue weighted by atomic mass is 17.2. The van der Waals surface area contributed by atoms with E-state index in [1.165, 1.54) is 12.0 Å². The molecule has 1 heterocycles. The first-order valence-electron chi connectivity index (χ1n) is 5.53. The SMILES string of the molecule is COOC(=O)N1CCN(C(=O)CCC(=O)O)CC1. The van der Waals surface area contributed by atoms with E-state index in [4.69, 9.17) is 5.11 Å². The number of amides is 2. The van der Waals surface area contributed by atoms with Gasteiger partial charge in [-0.05, 0) is 0 Å². The highest BCUT2D eigenvalue weighted by Crippen LogP contribution is 2.06. The van der Waals surface area contributed by atoms with Crippen molar-refractivity contribution in [2.75, 3.05) is 33.3 Å². The van der Waals surface area contributed by atoms with Crippen molar-refractivity contribution < 1.29 is 29.3 Å². The first-order valence-corrected chi connectivity index (χ1v) is 5.53. The molecule has 0 spiro atoms. The lowest BCUT2D eigenvalue weighted by atomic mass is 10.2. The number of carbonyl (C=O) groups is 3. The number of carbonyl (C=O) groups excluding carboxylic acids is 2. The second-order valence-electron chi connectivity index (χ2n) is 3.78. The Morgan fingerprint density at radius 1 is 1.06 bits per heavy atom. The van der Waals surface area contributed by atoms with Crippen LogP contribution in [-0.2, 0) is 19.4 Å². The first-order chi connectivity index (χ1) is 8.54. The standard InChI is InChI=1S/C10H16N2O6/c1-17-18-10(16)12-6-4-11(5-7-12)8(13)2-3-9(14)15/h2-7H2,1H3,(H,14,15). The van der Waals surface area contributed by atoms with Gasteiger partial charge in [0.25, 0.3) is 0 Å². The van der Waals surface area contributed by atoms with E-state index in [1.54, 1.807) is 4.90 Å². The zero-order valence-electron chi connectivity index (χ0n) is 10.1. The molecule has 1 aliphatic heterocycles. The smallest absolute Gasteiger partial charge is 0.441 e. The van der Waals surface area contributed by atoms with Crippen LogP contribution in [0.4, 0.5) is 4.79 Å². The Hall–Kier alpha value is -1.83. The number of carboxylic acids is 1. The van der Waals surface area contributed by atoms with Crippen molar-refractivity contribution in [2.45, 2.75) is 12.8 Å². The number of hydrogen-bond acceptors (Lipinski definition) is 5. The predicted octanol–water partition coefficient (Wildman–Crippen LogP) is -0.307. The van der Waals surface area contributed by atoms with Gasteiger partial charge in [-0.25, -0.2) is 4.79 Å². The van der Waals surface area contributed by atoms with E-state index in [2.05, 4.69) is 9.78 Å². The van der Waals surface area contributed by atoms with Crippen LogP contribution in [0.3, 0.4) is 0 Å². The van der Waals surface area contributed by atoms with Crippen molar-refractivity contribution in [3.8, 4) is 0 Å². The Kier molecular flexibility index (Phi) is 5.37. The lowest BCUT2D eigenvalue weighted by Crippen LogP contribution is -2.50. The fraction of sp³-hybridized carbons (Fsp3) is 0.700. The predicted molar refractivity (Wildman–Crippen MR) is 58.5 cm³/mol. The zero-order valence-corrected chi connectivity index (χ0v) is 10.1. The largest absolute Gasteiger partial charge is 0.481 e. The van der Waals surface area contributed by atoms with Crippen LogP contribution >= 0.6 is 0 Å². The van der Waals surface area contributed by atoms with Crippen molar-refractivity contribution in [3.63, 3.8) is 0 Å². The van der Waals surface area contributed by atoms with E-state index in [0.29, 0.717) is 26.2 Å². The summed E-state index contributed by atoms with van der Waals surface area (Å²) < 4.78 is 0. The molecule has 1 fully saturated rings. The van der Waals surface area contributed by atoms with Crippen LogP contribution in [0.15, 0.2) is 0 Å².